The van der Waals surface area contributed by atoms with Gasteiger partial charge in [0, 0.05) is 17.1 Å². The topological polar surface area (TPSA) is 99.1 Å². The maximum Gasteiger partial charge on any atom is 0.335 e. The van der Waals surface area contributed by atoms with Crippen molar-refractivity contribution in [2.24, 2.45) is 4.99 Å². The quantitative estimate of drug-likeness (QED) is 0.465. The van der Waals surface area contributed by atoms with Crippen molar-refractivity contribution >= 4 is 57.7 Å². The van der Waals surface area contributed by atoms with E-state index in [0.29, 0.717) is 21.6 Å². The van der Waals surface area contributed by atoms with Crippen LogP contribution < -0.4 is 5.32 Å². The van der Waals surface area contributed by atoms with Crippen LogP contribution in [0.2, 0.25) is 5.02 Å². The van der Waals surface area contributed by atoms with Crippen LogP contribution in [0.3, 0.4) is 0 Å². The van der Waals surface area contributed by atoms with Gasteiger partial charge in [-0.05, 0) is 66.2 Å². The first-order chi connectivity index (χ1) is 16.8. The third kappa shape index (κ3) is 6.26. The summed E-state index contributed by atoms with van der Waals surface area (Å²) in [5, 5.41) is 11.9. The van der Waals surface area contributed by atoms with Crippen LogP contribution in [0.5, 0.6) is 0 Å². The van der Waals surface area contributed by atoms with Gasteiger partial charge in [0.25, 0.3) is 0 Å². The molecule has 0 spiro atoms. The Morgan fingerprint density at radius 1 is 1.06 bits per heavy atom. The van der Waals surface area contributed by atoms with Crippen LogP contribution in [0, 0.1) is 5.82 Å². The molecular weight excluding hydrogens is 493 g/mol. The molecule has 35 heavy (non-hydrogen) atoms. The number of hydrogen-bond donors (Lipinski definition) is 2. The highest BCUT2D eigenvalue weighted by molar-refractivity contribution is 8.15. The zero-order valence-corrected chi connectivity index (χ0v) is 19.7. The molecule has 0 aliphatic carbocycles. The number of amidine groups is 1. The number of thioether (sulfide) groups is 1. The molecule has 7 nitrogen and oxygen atoms in total. The summed E-state index contributed by atoms with van der Waals surface area (Å²) in [6.07, 6.45) is -0.0558. The van der Waals surface area contributed by atoms with Gasteiger partial charge in [0.2, 0.25) is 11.8 Å². The first-order valence-corrected chi connectivity index (χ1v) is 11.7. The summed E-state index contributed by atoms with van der Waals surface area (Å²) in [5.41, 5.74) is 1.77. The largest absolute Gasteiger partial charge is 0.478 e. The minimum absolute atomic E-state index is 0.0558. The van der Waals surface area contributed by atoms with Crippen LogP contribution in [0.25, 0.3) is 0 Å². The van der Waals surface area contributed by atoms with Crippen LogP contribution in [0.1, 0.15) is 22.3 Å². The maximum atomic E-state index is 13.4. The smallest absolute Gasteiger partial charge is 0.335 e. The lowest BCUT2D eigenvalue weighted by Gasteiger charge is -2.32. The minimum Gasteiger partial charge on any atom is -0.478 e. The number of anilines is 1. The fourth-order valence-corrected chi connectivity index (χ4v) is 4.54. The standard InChI is InChI=1S/C25H19ClFN3O4S/c26-17-5-1-15(2-6-17)14-30-22(31)13-21(35-25(30)29-20-11-7-18(27)8-12-20)23(32)28-19-9-3-16(4-10-19)24(33)34/h1-12,21H,13-14H2,(H,28,32)(H,33,34). The highest BCUT2D eigenvalue weighted by atomic mass is 35.5. The van der Waals surface area contributed by atoms with Gasteiger partial charge in [-0.15, -0.1) is 0 Å². The van der Waals surface area contributed by atoms with E-state index in [1.165, 1.54) is 53.4 Å². The molecule has 3 aromatic rings. The van der Waals surface area contributed by atoms with Crippen molar-refractivity contribution in [2.45, 2.75) is 18.2 Å². The normalized spacial score (nSPS) is 16.9. The molecule has 2 amide bonds. The molecule has 1 saturated heterocycles. The molecule has 0 aromatic heterocycles. The number of nitrogens with one attached hydrogen (secondary N) is 1. The third-order valence-corrected chi connectivity index (χ3v) is 6.58. The molecule has 1 atom stereocenters. The molecule has 0 bridgehead atoms. The number of carbonyl (C=O) groups is 3. The van der Waals surface area contributed by atoms with Crippen molar-refractivity contribution in [1.82, 2.24) is 4.90 Å². The zero-order chi connectivity index (χ0) is 24.9. The number of aromatic carboxylic acids is 1. The number of halogens is 2. The summed E-state index contributed by atoms with van der Waals surface area (Å²) in [4.78, 5) is 43.1. The second-order valence-corrected chi connectivity index (χ2v) is 9.27. The van der Waals surface area contributed by atoms with Gasteiger partial charge in [-0.2, -0.15) is 0 Å². The van der Waals surface area contributed by atoms with E-state index in [1.807, 2.05) is 0 Å². The number of carboxylic acids is 1. The van der Waals surface area contributed by atoms with Crippen molar-refractivity contribution in [2.75, 3.05) is 5.32 Å². The molecule has 178 valence electrons. The Morgan fingerprint density at radius 3 is 2.34 bits per heavy atom. The molecule has 0 saturated carbocycles. The Morgan fingerprint density at radius 2 is 1.71 bits per heavy atom. The van der Waals surface area contributed by atoms with E-state index in [-0.39, 0.29) is 24.4 Å². The summed E-state index contributed by atoms with van der Waals surface area (Å²) >= 11 is 7.09. The van der Waals surface area contributed by atoms with Crippen molar-refractivity contribution in [1.29, 1.82) is 0 Å². The monoisotopic (exact) mass is 511 g/mol. The Kier molecular flexibility index (Phi) is 7.48. The fourth-order valence-electron chi connectivity index (χ4n) is 3.31. The van der Waals surface area contributed by atoms with E-state index in [1.54, 1.807) is 24.3 Å². The van der Waals surface area contributed by atoms with Crippen LogP contribution in [-0.4, -0.2) is 38.2 Å². The highest BCUT2D eigenvalue weighted by Crippen LogP contribution is 2.31. The average Bonchev–Trinajstić information content (AvgIpc) is 2.84. The molecule has 1 unspecified atom stereocenters. The molecule has 1 fully saturated rings. The van der Waals surface area contributed by atoms with Gasteiger partial charge in [0.1, 0.15) is 11.1 Å². The summed E-state index contributed by atoms with van der Waals surface area (Å²) in [5.74, 6) is -2.19. The second-order valence-electron chi connectivity index (χ2n) is 7.66. The van der Waals surface area contributed by atoms with Crippen molar-refractivity contribution in [3.05, 3.63) is 94.8 Å². The van der Waals surface area contributed by atoms with Crippen molar-refractivity contribution in [3.8, 4) is 0 Å². The Labute approximate surface area is 209 Å². The first kappa shape index (κ1) is 24.4. The predicted octanol–water partition coefficient (Wildman–Crippen LogP) is 5.34. The Hall–Kier alpha value is -3.69. The van der Waals surface area contributed by atoms with Gasteiger partial charge in [-0.1, -0.05) is 35.5 Å². The molecule has 10 heteroatoms. The average molecular weight is 512 g/mol. The number of carbonyl (C=O) groups excluding carboxylic acids is 2. The van der Waals surface area contributed by atoms with Gasteiger partial charge in [-0.25, -0.2) is 14.2 Å². The van der Waals surface area contributed by atoms with Crippen molar-refractivity contribution < 1.29 is 23.9 Å². The lowest BCUT2D eigenvalue weighted by Crippen LogP contribution is -2.44. The SMILES string of the molecule is O=C(O)c1ccc(NC(=O)C2CC(=O)N(Cc3ccc(Cl)cc3)C(=Nc3ccc(F)cc3)S2)cc1. The van der Waals surface area contributed by atoms with Gasteiger partial charge >= 0.3 is 5.97 Å². The van der Waals surface area contributed by atoms with E-state index in [2.05, 4.69) is 10.3 Å². The minimum atomic E-state index is -1.07. The van der Waals surface area contributed by atoms with Gasteiger partial charge in [0.05, 0.1) is 17.8 Å². The fraction of sp³-hybridized carbons (Fsp3) is 0.120. The molecular formula is C25H19ClFN3O4S. The van der Waals surface area contributed by atoms with Crippen LogP contribution in [-0.2, 0) is 16.1 Å². The van der Waals surface area contributed by atoms with E-state index in [4.69, 9.17) is 16.7 Å². The van der Waals surface area contributed by atoms with Crippen LogP contribution in [0.15, 0.2) is 77.8 Å². The molecule has 1 heterocycles. The summed E-state index contributed by atoms with van der Waals surface area (Å²) in [7, 11) is 0. The van der Waals surface area contributed by atoms with Gasteiger partial charge in [-0.3, -0.25) is 14.5 Å². The molecule has 1 aliphatic heterocycles. The lowest BCUT2D eigenvalue weighted by atomic mass is 10.2. The van der Waals surface area contributed by atoms with Gasteiger partial charge < -0.3 is 10.4 Å². The second kappa shape index (κ2) is 10.7. The highest BCUT2D eigenvalue weighted by Gasteiger charge is 2.36. The number of aliphatic imine (C=N–C) groups is 1. The molecule has 4 rings (SSSR count). The Bertz CT molecular complexity index is 1280. The Balaban J connectivity index is 1.57. The predicted molar refractivity (Wildman–Crippen MR) is 134 cm³/mol. The molecule has 3 aromatic carbocycles. The summed E-state index contributed by atoms with van der Waals surface area (Å²) in [6.45, 7) is 0.230. The van der Waals surface area contributed by atoms with E-state index in [9.17, 15) is 18.8 Å². The van der Waals surface area contributed by atoms with Crippen LogP contribution in [0.4, 0.5) is 15.8 Å². The number of hydrogen-bond acceptors (Lipinski definition) is 5. The molecule has 2 N–H and O–H groups in total. The van der Waals surface area contributed by atoms with E-state index < -0.39 is 22.9 Å². The number of amides is 2. The number of benzene rings is 3. The first-order valence-electron chi connectivity index (χ1n) is 10.5. The zero-order valence-electron chi connectivity index (χ0n) is 18.2. The summed E-state index contributed by atoms with van der Waals surface area (Å²) in [6, 6.07) is 18.3. The molecule has 1 aliphatic rings. The van der Waals surface area contributed by atoms with E-state index >= 15 is 0 Å². The molecule has 0 radical (unpaired) electrons. The lowest BCUT2D eigenvalue weighted by molar-refractivity contribution is -0.129. The number of nitrogens with zero attached hydrogens (tertiary/aromatic N) is 2. The summed E-state index contributed by atoms with van der Waals surface area (Å²) < 4.78 is 13.4. The maximum absolute atomic E-state index is 13.4. The van der Waals surface area contributed by atoms with Gasteiger partial charge in [0.15, 0.2) is 5.17 Å². The van der Waals surface area contributed by atoms with Crippen molar-refractivity contribution in [3.63, 3.8) is 0 Å². The van der Waals surface area contributed by atoms with E-state index in [0.717, 1.165) is 17.3 Å². The third-order valence-electron chi connectivity index (χ3n) is 5.14. The number of carboxylic acid groups (broad SMARTS) is 1. The van der Waals surface area contributed by atoms with Crippen LogP contribution >= 0.6 is 23.4 Å². The number of rotatable bonds is 6.